The van der Waals surface area contributed by atoms with E-state index in [2.05, 4.69) is 0 Å². The summed E-state index contributed by atoms with van der Waals surface area (Å²) in [5.74, 6) is -3.22. The fourth-order valence-electron chi connectivity index (χ4n) is 4.66. The molecule has 7 heteroatoms. The van der Waals surface area contributed by atoms with Crippen LogP contribution in [-0.4, -0.2) is 39.5 Å². The second-order valence-electron chi connectivity index (χ2n) is 8.72. The fourth-order valence-corrected chi connectivity index (χ4v) is 5.38. The van der Waals surface area contributed by atoms with Gasteiger partial charge in [0.15, 0.2) is 0 Å². The number of aliphatic carboxylic acids is 1. The quantitative estimate of drug-likeness (QED) is 0.270. The van der Waals surface area contributed by atoms with E-state index in [9.17, 15) is 24.9 Å². The van der Waals surface area contributed by atoms with E-state index in [0.717, 1.165) is 17.5 Å². The molecule has 0 radical (unpaired) electrons. The van der Waals surface area contributed by atoms with E-state index in [4.69, 9.17) is 4.74 Å². The molecule has 0 unspecified atom stereocenters. The lowest BCUT2D eigenvalue weighted by Gasteiger charge is -2.24. The minimum Gasteiger partial charge on any atom is -0.512 e. The van der Waals surface area contributed by atoms with Crippen LogP contribution in [0.1, 0.15) is 34.5 Å². The molecule has 0 amide bonds. The number of aliphatic hydroxyl groups excluding tert-OH is 2. The highest BCUT2D eigenvalue weighted by Crippen LogP contribution is 2.41. The number of thiophene rings is 1. The Hall–Kier alpha value is -3.42. The Labute approximate surface area is 208 Å². The summed E-state index contributed by atoms with van der Waals surface area (Å²) in [5, 5.41) is 32.7. The summed E-state index contributed by atoms with van der Waals surface area (Å²) in [5.41, 5.74) is 2.34. The molecular formula is C28H28O6S. The van der Waals surface area contributed by atoms with Crippen molar-refractivity contribution in [1.82, 2.24) is 0 Å². The number of aryl methyl sites for hydroxylation is 1. The molecule has 0 aliphatic heterocycles. The molecule has 1 aliphatic rings. The van der Waals surface area contributed by atoms with Crippen molar-refractivity contribution in [1.29, 1.82) is 0 Å². The Morgan fingerprint density at radius 1 is 0.971 bits per heavy atom. The van der Waals surface area contributed by atoms with Gasteiger partial charge in [-0.1, -0.05) is 48.5 Å². The predicted molar refractivity (Wildman–Crippen MR) is 134 cm³/mol. The average molecular weight is 493 g/mol. The lowest BCUT2D eigenvalue weighted by Crippen LogP contribution is -2.29. The molecule has 2 aromatic carbocycles. The van der Waals surface area contributed by atoms with Crippen LogP contribution in [0, 0.1) is 11.8 Å². The van der Waals surface area contributed by atoms with E-state index in [1.807, 2.05) is 60.0 Å². The maximum Gasteiger partial charge on any atom is 0.338 e. The van der Waals surface area contributed by atoms with Crippen molar-refractivity contribution in [3.8, 4) is 11.1 Å². The molecule has 3 aromatic rings. The van der Waals surface area contributed by atoms with Gasteiger partial charge in [-0.25, -0.2) is 4.79 Å². The van der Waals surface area contributed by atoms with Gasteiger partial charge in [-0.15, -0.1) is 11.3 Å². The molecule has 35 heavy (non-hydrogen) atoms. The van der Waals surface area contributed by atoms with Crippen LogP contribution in [0.4, 0.5) is 0 Å². The van der Waals surface area contributed by atoms with Gasteiger partial charge in [-0.2, -0.15) is 0 Å². The molecule has 6 nitrogen and oxygen atoms in total. The standard InChI is InChI=1S/C28H28O6S/c29-23(10-4-8-21-9-5-15-35-21)27-22(16-26(31)32)24(30)17-25(27)34-28(33)20-13-11-19(12-14-20)18-6-2-1-3-7-18/h1-3,5-7,9-15,22,24-25,27,29-30H,4,8,16-17H2,(H,31,32)/t22-,24+,25-,27-/m0/s1. The van der Waals surface area contributed by atoms with Gasteiger partial charge in [0.2, 0.25) is 0 Å². The molecule has 1 heterocycles. The molecule has 0 saturated heterocycles. The predicted octanol–water partition coefficient (Wildman–Crippen LogP) is 5.49. The first-order valence-electron chi connectivity index (χ1n) is 11.6. The zero-order valence-electron chi connectivity index (χ0n) is 19.1. The maximum absolute atomic E-state index is 12.9. The van der Waals surface area contributed by atoms with E-state index in [1.165, 1.54) is 4.88 Å². The monoisotopic (exact) mass is 492 g/mol. The van der Waals surface area contributed by atoms with Gasteiger partial charge >= 0.3 is 11.9 Å². The van der Waals surface area contributed by atoms with E-state index in [0.29, 0.717) is 12.0 Å². The van der Waals surface area contributed by atoms with E-state index in [1.54, 1.807) is 29.5 Å². The van der Waals surface area contributed by atoms with Crippen LogP contribution in [-0.2, 0) is 16.0 Å². The summed E-state index contributed by atoms with van der Waals surface area (Å²) < 4.78 is 5.72. The van der Waals surface area contributed by atoms with Crippen molar-refractivity contribution in [3.05, 3.63) is 94.4 Å². The summed E-state index contributed by atoms with van der Waals surface area (Å²) >= 11 is 1.62. The molecule has 0 spiro atoms. The molecule has 4 rings (SSSR count). The lowest BCUT2D eigenvalue weighted by atomic mass is 9.88. The number of carbonyl (C=O) groups excluding carboxylic acids is 1. The largest absolute Gasteiger partial charge is 0.512 e. The Balaban J connectivity index is 1.48. The highest BCUT2D eigenvalue weighted by atomic mass is 32.1. The van der Waals surface area contributed by atoms with Crippen LogP contribution in [0.5, 0.6) is 0 Å². The number of hydrogen-bond donors (Lipinski definition) is 3. The summed E-state index contributed by atoms with van der Waals surface area (Å²) in [7, 11) is 0. The van der Waals surface area contributed by atoms with Crippen molar-refractivity contribution < 1.29 is 29.6 Å². The SMILES string of the molecule is O=C(O)C[C@@H]1[C@@H](C(O)=CCCc2cccs2)[C@@H](OC(=O)c2ccc(-c3ccccc3)cc2)C[C@H]1O. The van der Waals surface area contributed by atoms with Crippen LogP contribution in [0.2, 0.25) is 0 Å². The first kappa shape index (κ1) is 24.7. The van der Waals surface area contributed by atoms with Crippen LogP contribution >= 0.6 is 11.3 Å². The molecule has 182 valence electrons. The zero-order valence-corrected chi connectivity index (χ0v) is 19.9. The summed E-state index contributed by atoms with van der Waals surface area (Å²) in [4.78, 5) is 25.5. The van der Waals surface area contributed by atoms with Gasteiger partial charge in [0, 0.05) is 17.2 Å². The highest BCUT2D eigenvalue weighted by molar-refractivity contribution is 7.09. The third-order valence-electron chi connectivity index (χ3n) is 6.39. The molecule has 1 fully saturated rings. The van der Waals surface area contributed by atoms with Crippen LogP contribution < -0.4 is 0 Å². The van der Waals surface area contributed by atoms with E-state index in [-0.39, 0.29) is 18.6 Å². The number of carboxylic acids is 1. The van der Waals surface area contributed by atoms with Crippen molar-refractivity contribution in [2.45, 2.75) is 37.9 Å². The first-order valence-corrected chi connectivity index (χ1v) is 12.5. The number of benzene rings is 2. The number of aliphatic hydroxyl groups is 2. The smallest absolute Gasteiger partial charge is 0.338 e. The first-order chi connectivity index (χ1) is 16.9. The number of allylic oxidation sites excluding steroid dienone is 1. The Kier molecular flexibility index (Phi) is 8.00. The molecule has 1 aliphatic carbocycles. The molecular weight excluding hydrogens is 464 g/mol. The number of carbonyl (C=O) groups is 2. The number of hydrogen-bond acceptors (Lipinski definition) is 6. The third kappa shape index (κ3) is 6.18. The molecule has 1 aromatic heterocycles. The Bertz CT molecular complexity index is 1150. The van der Waals surface area contributed by atoms with Gasteiger partial charge in [0.1, 0.15) is 6.10 Å². The fraction of sp³-hybridized carbons (Fsp3) is 0.286. The topological polar surface area (TPSA) is 104 Å². The normalized spacial score (nSPS) is 22.1. The number of carboxylic acid groups (broad SMARTS) is 1. The zero-order chi connectivity index (χ0) is 24.8. The highest BCUT2D eigenvalue weighted by Gasteiger charge is 2.47. The van der Waals surface area contributed by atoms with Gasteiger partial charge < -0.3 is 20.1 Å². The van der Waals surface area contributed by atoms with Crippen molar-refractivity contribution >= 4 is 23.3 Å². The second-order valence-corrected chi connectivity index (χ2v) is 9.76. The number of rotatable bonds is 9. The summed E-state index contributed by atoms with van der Waals surface area (Å²) in [6, 6.07) is 20.8. The van der Waals surface area contributed by atoms with Crippen molar-refractivity contribution in [2.75, 3.05) is 0 Å². The second kappa shape index (κ2) is 11.3. The average Bonchev–Trinajstić information content (AvgIpc) is 3.47. The molecule has 4 atom stereocenters. The van der Waals surface area contributed by atoms with Crippen LogP contribution in [0.25, 0.3) is 11.1 Å². The number of esters is 1. The molecule has 3 N–H and O–H groups in total. The van der Waals surface area contributed by atoms with Crippen molar-refractivity contribution in [3.63, 3.8) is 0 Å². The van der Waals surface area contributed by atoms with E-state index < -0.39 is 36.0 Å². The van der Waals surface area contributed by atoms with Crippen molar-refractivity contribution in [2.24, 2.45) is 11.8 Å². The van der Waals surface area contributed by atoms with Crippen LogP contribution in [0.15, 0.2) is 83.9 Å². The van der Waals surface area contributed by atoms with Gasteiger partial charge in [-0.05, 0) is 53.6 Å². The minimum atomic E-state index is -1.08. The molecule has 1 saturated carbocycles. The van der Waals surface area contributed by atoms with Crippen LogP contribution in [0.3, 0.4) is 0 Å². The summed E-state index contributed by atoms with van der Waals surface area (Å²) in [6.45, 7) is 0. The number of ether oxygens (including phenoxy) is 1. The summed E-state index contributed by atoms with van der Waals surface area (Å²) in [6.07, 6.45) is 0.857. The minimum absolute atomic E-state index is 0.0402. The Morgan fingerprint density at radius 3 is 2.34 bits per heavy atom. The third-order valence-corrected chi connectivity index (χ3v) is 7.33. The maximum atomic E-state index is 12.9. The lowest BCUT2D eigenvalue weighted by molar-refractivity contribution is -0.139. The van der Waals surface area contributed by atoms with Gasteiger partial charge in [0.25, 0.3) is 0 Å². The van der Waals surface area contributed by atoms with E-state index >= 15 is 0 Å². The van der Waals surface area contributed by atoms with Gasteiger partial charge in [-0.3, -0.25) is 4.79 Å². The molecule has 0 bridgehead atoms. The van der Waals surface area contributed by atoms with Gasteiger partial charge in [0.05, 0.1) is 29.8 Å². The Morgan fingerprint density at radius 2 is 1.69 bits per heavy atom.